The van der Waals surface area contributed by atoms with Gasteiger partial charge >= 0.3 is 5.97 Å². The Kier molecular flexibility index (Phi) is 8.11. The molecule has 118 valence electrons. The summed E-state index contributed by atoms with van der Waals surface area (Å²) < 4.78 is 5.18. The summed E-state index contributed by atoms with van der Waals surface area (Å²) in [7, 11) is 0. The molecule has 0 radical (unpaired) electrons. The SMILES string of the molecule is CCCCCCCCc1c(COC(C)=O)ccc(C)c1C. The largest absolute Gasteiger partial charge is 0.461 e. The lowest BCUT2D eigenvalue weighted by molar-refractivity contribution is -0.142. The lowest BCUT2D eigenvalue weighted by atomic mass is 9.93. The third-order valence-corrected chi connectivity index (χ3v) is 4.18. The van der Waals surface area contributed by atoms with E-state index < -0.39 is 0 Å². The van der Waals surface area contributed by atoms with E-state index >= 15 is 0 Å². The zero-order valence-corrected chi connectivity index (χ0v) is 14.1. The number of aryl methyl sites for hydroxylation is 1. The van der Waals surface area contributed by atoms with Gasteiger partial charge in [-0.3, -0.25) is 4.79 Å². The summed E-state index contributed by atoms with van der Waals surface area (Å²) in [6, 6.07) is 4.23. The monoisotopic (exact) mass is 290 g/mol. The first-order valence-corrected chi connectivity index (χ1v) is 8.27. The standard InChI is InChI=1S/C19H30O2/c1-5-6-7-8-9-10-11-19-16(3)15(2)12-13-18(19)14-21-17(4)20/h12-13H,5-11,14H2,1-4H3. The molecule has 0 aliphatic heterocycles. The second-order valence-corrected chi connectivity index (χ2v) is 5.94. The number of benzene rings is 1. The molecular formula is C19H30O2. The Morgan fingerprint density at radius 3 is 2.38 bits per heavy atom. The van der Waals surface area contributed by atoms with Gasteiger partial charge in [-0.05, 0) is 48.9 Å². The van der Waals surface area contributed by atoms with Crippen LogP contribution in [0.4, 0.5) is 0 Å². The predicted molar refractivity (Wildman–Crippen MR) is 88.5 cm³/mol. The number of unbranched alkanes of at least 4 members (excludes halogenated alkanes) is 5. The average Bonchev–Trinajstić information content (AvgIpc) is 2.45. The third kappa shape index (κ3) is 6.33. The van der Waals surface area contributed by atoms with E-state index in [1.54, 1.807) is 0 Å². The molecule has 0 amide bonds. The Morgan fingerprint density at radius 1 is 1.05 bits per heavy atom. The molecule has 21 heavy (non-hydrogen) atoms. The molecule has 0 N–H and O–H groups in total. The van der Waals surface area contributed by atoms with Gasteiger partial charge in [-0.2, -0.15) is 0 Å². The van der Waals surface area contributed by atoms with Crippen molar-refractivity contribution in [2.24, 2.45) is 0 Å². The summed E-state index contributed by atoms with van der Waals surface area (Å²) in [4.78, 5) is 11.0. The molecule has 0 saturated carbocycles. The molecule has 0 atom stereocenters. The Hall–Kier alpha value is -1.31. The molecular weight excluding hydrogens is 260 g/mol. The van der Waals surface area contributed by atoms with Crippen molar-refractivity contribution >= 4 is 5.97 Å². The van der Waals surface area contributed by atoms with Gasteiger partial charge < -0.3 is 4.74 Å². The molecule has 0 unspecified atom stereocenters. The number of carbonyl (C=O) groups excluding carboxylic acids is 1. The Balaban J connectivity index is 2.60. The van der Waals surface area contributed by atoms with Crippen LogP contribution in [-0.4, -0.2) is 5.97 Å². The van der Waals surface area contributed by atoms with Gasteiger partial charge in [0, 0.05) is 6.92 Å². The fraction of sp³-hybridized carbons (Fsp3) is 0.632. The maximum absolute atomic E-state index is 11.0. The minimum Gasteiger partial charge on any atom is -0.461 e. The molecule has 2 heteroatoms. The first-order valence-electron chi connectivity index (χ1n) is 8.27. The van der Waals surface area contributed by atoms with E-state index in [1.165, 1.54) is 67.7 Å². The van der Waals surface area contributed by atoms with Crippen molar-refractivity contribution < 1.29 is 9.53 Å². The van der Waals surface area contributed by atoms with Gasteiger partial charge in [0.1, 0.15) is 6.61 Å². The van der Waals surface area contributed by atoms with Crippen molar-refractivity contribution in [3.05, 3.63) is 34.4 Å². The third-order valence-electron chi connectivity index (χ3n) is 4.18. The van der Waals surface area contributed by atoms with Crippen molar-refractivity contribution in [3.8, 4) is 0 Å². The molecule has 0 aromatic heterocycles. The number of hydrogen-bond acceptors (Lipinski definition) is 2. The Labute approximate surface area is 129 Å². The van der Waals surface area contributed by atoms with Crippen LogP contribution in [0.15, 0.2) is 12.1 Å². The maximum Gasteiger partial charge on any atom is 0.302 e. The number of esters is 1. The van der Waals surface area contributed by atoms with Gasteiger partial charge in [-0.15, -0.1) is 0 Å². The lowest BCUT2D eigenvalue weighted by Gasteiger charge is -2.15. The van der Waals surface area contributed by atoms with Gasteiger partial charge in [0.25, 0.3) is 0 Å². The van der Waals surface area contributed by atoms with Crippen LogP contribution >= 0.6 is 0 Å². The highest BCUT2D eigenvalue weighted by Gasteiger charge is 2.09. The van der Waals surface area contributed by atoms with Gasteiger partial charge in [0.2, 0.25) is 0 Å². The molecule has 0 aliphatic carbocycles. The van der Waals surface area contributed by atoms with Crippen molar-refractivity contribution in [1.29, 1.82) is 0 Å². The zero-order valence-electron chi connectivity index (χ0n) is 14.1. The molecule has 0 heterocycles. The highest BCUT2D eigenvalue weighted by Crippen LogP contribution is 2.22. The van der Waals surface area contributed by atoms with Crippen LogP contribution in [0.2, 0.25) is 0 Å². The number of rotatable bonds is 9. The van der Waals surface area contributed by atoms with Crippen molar-refractivity contribution in [3.63, 3.8) is 0 Å². The smallest absolute Gasteiger partial charge is 0.302 e. The number of carbonyl (C=O) groups is 1. The fourth-order valence-corrected chi connectivity index (χ4v) is 2.67. The first kappa shape index (κ1) is 17.7. The Bertz CT molecular complexity index is 449. The molecule has 1 rings (SSSR count). The molecule has 1 aromatic rings. The van der Waals surface area contributed by atoms with E-state index in [-0.39, 0.29) is 5.97 Å². The minimum atomic E-state index is -0.209. The van der Waals surface area contributed by atoms with Gasteiger partial charge in [-0.25, -0.2) is 0 Å². The number of hydrogen-bond donors (Lipinski definition) is 0. The van der Waals surface area contributed by atoms with E-state index in [1.807, 2.05) is 0 Å². The van der Waals surface area contributed by atoms with E-state index in [9.17, 15) is 4.79 Å². The van der Waals surface area contributed by atoms with Crippen LogP contribution in [0.1, 0.15) is 74.6 Å². The summed E-state index contributed by atoms with van der Waals surface area (Å²) in [6.45, 7) is 8.45. The van der Waals surface area contributed by atoms with Crippen molar-refractivity contribution in [1.82, 2.24) is 0 Å². The van der Waals surface area contributed by atoms with Gasteiger partial charge in [0.15, 0.2) is 0 Å². The van der Waals surface area contributed by atoms with E-state index in [4.69, 9.17) is 4.74 Å². The van der Waals surface area contributed by atoms with Gasteiger partial charge in [0.05, 0.1) is 0 Å². The molecule has 0 aliphatic rings. The Morgan fingerprint density at radius 2 is 1.71 bits per heavy atom. The molecule has 0 bridgehead atoms. The lowest BCUT2D eigenvalue weighted by Crippen LogP contribution is -2.05. The van der Waals surface area contributed by atoms with Gasteiger partial charge in [-0.1, -0.05) is 51.2 Å². The van der Waals surface area contributed by atoms with Crippen LogP contribution < -0.4 is 0 Å². The molecule has 0 saturated heterocycles. The average molecular weight is 290 g/mol. The second-order valence-electron chi connectivity index (χ2n) is 5.94. The van der Waals surface area contributed by atoms with Crippen LogP contribution in [-0.2, 0) is 22.6 Å². The predicted octanol–water partition coefficient (Wildman–Crippen LogP) is 5.27. The van der Waals surface area contributed by atoms with Crippen LogP contribution in [0.3, 0.4) is 0 Å². The second kappa shape index (κ2) is 9.59. The van der Waals surface area contributed by atoms with E-state index in [0.29, 0.717) is 6.61 Å². The molecule has 0 fully saturated rings. The maximum atomic E-state index is 11.0. The first-order chi connectivity index (χ1) is 10.1. The normalized spacial score (nSPS) is 10.7. The molecule has 1 aromatic carbocycles. The van der Waals surface area contributed by atoms with Crippen LogP contribution in [0.5, 0.6) is 0 Å². The van der Waals surface area contributed by atoms with E-state index in [2.05, 4.69) is 32.9 Å². The molecule has 2 nitrogen and oxygen atoms in total. The zero-order chi connectivity index (χ0) is 15.7. The van der Waals surface area contributed by atoms with E-state index in [0.717, 1.165) is 6.42 Å². The van der Waals surface area contributed by atoms with Crippen LogP contribution in [0.25, 0.3) is 0 Å². The summed E-state index contributed by atoms with van der Waals surface area (Å²) in [5.74, 6) is -0.209. The van der Waals surface area contributed by atoms with Crippen molar-refractivity contribution in [2.75, 3.05) is 0 Å². The molecule has 0 spiro atoms. The minimum absolute atomic E-state index is 0.209. The quantitative estimate of drug-likeness (QED) is 0.457. The highest BCUT2D eigenvalue weighted by molar-refractivity contribution is 5.66. The van der Waals surface area contributed by atoms with Crippen LogP contribution in [0, 0.1) is 13.8 Å². The topological polar surface area (TPSA) is 26.3 Å². The fourth-order valence-electron chi connectivity index (χ4n) is 2.67. The highest BCUT2D eigenvalue weighted by atomic mass is 16.5. The summed E-state index contributed by atoms with van der Waals surface area (Å²) in [5, 5.41) is 0. The van der Waals surface area contributed by atoms with Crippen molar-refractivity contribution in [2.45, 2.75) is 79.2 Å². The number of ether oxygens (including phenoxy) is 1. The summed E-state index contributed by atoms with van der Waals surface area (Å²) in [6.07, 6.45) is 8.93. The summed E-state index contributed by atoms with van der Waals surface area (Å²) >= 11 is 0. The summed E-state index contributed by atoms with van der Waals surface area (Å²) in [5.41, 5.74) is 5.23.